The Labute approximate surface area is 154 Å². The highest BCUT2D eigenvalue weighted by Crippen LogP contribution is 2.16. The largest absolute Gasteiger partial charge is 0.357 e. The van der Waals surface area contributed by atoms with Gasteiger partial charge >= 0.3 is 11.8 Å². The van der Waals surface area contributed by atoms with Crippen LogP contribution in [0.1, 0.15) is 30.5 Å². The number of nitrogens with one attached hydrogen (secondary N) is 2. The SMILES string of the molecule is CCN(CC)c1ccc(CNC(=O)C(=O)Nc2ccc(C)cc2C)cn1. The van der Waals surface area contributed by atoms with Gasteiger partial charge in [-0.1, -0.05) is 23.8 Å². The molecule has 138 valence electrons. The number of amides is 2. The van der Waals surface area contributed by atoms with Gasteiger partial charge in [-0.2, -0.15) is 0 Å². The van der Waals surface area contributed by atoms with E-state index in [0.29, 0.717) is 5.69 Å². The molecule has 0 saturated carbocycles. The molecule has 2 rings (SSSR count). The Balaban J connectivity index is 1.90. The van der Waals surface area contributed by atoms with Gasteiger partial charge < -0.3 is 15.5 Å². The second kappa shape index (κ2) is 8.99. The fourth-order valence-electron chi connectivity index (χ4n) is 2.65. The average Bonchev–Trinajstić information content (AvgIpc) is 2.64. The lowest BCUT2D eigenvalue weighted by Gasteiger charge is -2.19. The van der Waals surface area contributed by atoms with Crippen molar-refractivity contribution in [2.45, 2.75) is 34.2 Å². The third-order valence-electron chi connectivity index (χ3n) is 4.19. The molecule has 26 heavy (non-hydrogen) atoms. The number of benzene rings is 1. The number of carbonyl (C=O) groups excluding carboxylic acids is 2. The molecule has 2 aromatic rings. The lowest BCUT2D eigenvalue weighted by molar-refractivity contribution is -0.136. The highest BCUT2D eigenvalue weighted by atomic mass is 16.2. The summed E-state index contributed by atoms with van der Waals surface area (Å²) in [4.78, 5) is 30.6. The highest BCUT2D eigenvalue weighted by molar-refractivity contribution is 6.39. The van der Waals surface area contributed by atoms with Crippen molar-refractivity contribution in [2.75, 3.05) is 23.3 Å². The summed E-state index contributed by atoms with van der Waals surface area (Å²) < 4.78 is 0. The fourth-order valence-corrected chi connectivity index (χ4v) is 2.65. The number of aryl methyl sites for hydroxylation is 2. The molecule has 0 aliphatic rings. The molecule has 0 radical (unpaired) electrons. The van der Waals surface area contributed by atoms with Crippen LogP contribution in [0.25, 0.3) is 0 Å². The van der Waals surface area contributed by atoms with Crippen molar-refractivity contribution in [2.24, 2.45) is 0 Å². The quantitative estimate of drug-likeness (QED) is 0.782. The van der Waals surface area contributed by atoms with Gasteiger partial charge in [-0.25, -0.2) is 4.98 Å². The van der Waals surface area contributed by atoms with E-state index in [0.717, 1.165) is 35.6 Å². The Bertz CT molecular complexity index is 768. The zero-order valence-corrected chi connectivity index (χ0v) is 15.8. The van der Waals surface area contributed by atoms with Gasteiger partial charge in [0.05, 0.1) is 0 Å². The standard InChI is InChI=1S/C20H26N4O2/c1-5-24(6-2)18-10-8-16(12-21-18)13-22-19(25)20(26)23-17-9-7-14(3)11-15(17)4/h7-12H,5-6,13H2,1-4H3,(H,22,25)(H,23,26). The topological polar surface area (TPSA) is 74.3 Å². The predicted octanol–water partition coefficient (Wildman–Crippen LogP) is 2.80. The molecule has 6 heteroatoms. The van der Waals surface area contributed by atoms with Crippen molar-refractivity contribution in [3.8, 4) is 0 Å². The number of carbonyl (C=O) groups is 2. The Kier molecular flexibility index (Phi) is 6.72. The van der Waals surface area contributed by atoms with Crippen molar-refractivity contribution in [1.82, 2.24) is 10.3 Å². The minimum atomic E-state index is -0.676. The molecule has 1 heterocycles. The van der Waals surface area contributed by atoms with E-state index < -0.39 is 11.8 Å². The molecule has 2 N–H and O–H groups in total. The van der Waals surface area contributed by atoms with E-state index in [1.165, 1.54) is 0 Å². The van der Waals surface area contributed by atoms with Gasteiger partial charge in [-0.3, -0.25) is 9.59 Å². The molecule has 0 atom stereocenters. The minimum absolute atomic E-state index is 0.255. The van der Waals surface area contributed by atoms with E-state index in [9.17, 15) is 9.59 Å². The lowest BCUT2D eigenvalue weighted by Crippen LogP contribution is -2.35. The molecule has 6 nitrogen and oxygen atoms in total. The molecule has 0 spiro atoms. The zero-order valence-electron chi connectivity index (χ0n) is 15.8. The highest BCUT2D eigenvalue weighted by Gasteiger charge is 2.14. The third-order valence-corrected chi connectivity index (χ3v) is 4.19. The van der Waals surface area contributed by atoms with Gasteiger partial charge in [0.25, 0.3) is 0 Å². The second-order valence-corrected chi connectivity index (χ2v) is 6.15. The van der Waals surface area contributed by atoms with Crippen molar-refractivity contribution in [1.29, 1.82) is 0 Å². The number of nitrogens with zero attached hydrogens (tertiary/aromatic N) is 2. The summed E-state index contributed by atoms with van der Waals surface area (Å²) in [6, 6.07) is 9.47. The Hall–Kier alpha value is -2.89. The first-order valence-corrected chi connectivity index (χ1v) is 8.80. The molecule has 1 aromatic heterocycles. The first-order valence-electron chi connectivity index (χ1n) is 8.80. The Morgan fingerprint density at radius 2 is 1.77 bits per heavy atom. The molecule has 2 amide bonds. The fraction of sp³-hybridized carbons (Fsp3) is 0.350. The van der Waals surface area contributed by atoms with E-state index in [1.807, 2.05) is 38.1 Å². The van der Waals surface area contributed by atoms with Crippen LogP contribution >= 0.6 is 0 Å². The number of hydrogen-bond donors (Lipinski definition) is 2. The smallest absolute Gasteiger partial charge is 0.313 e. The van der Waals surface area contributed by atoms with Crippen molar-refractivity contribution < 1.29 is 9.59 Å². The van der Waals surface area contributed by atoms with Crippen LogP contribution in [0.5, 0.6) is 0 Å². The molecular weight excluding hydrogens is 328 g/mol. The molecule has 0 unspecified atom stereocenters. The molecule has 1 aromatic carbocycles. The third kappa shape index (κ3) is 5.05. The van der Waals surface area contributed by atoms with Gasteiger partial charge in [0.1, 0.15) is 5.82 Å². The van der Waals surface area contributed by atoms with Crippen molar-refractivity contribution >= 4 is 23.3 Å². The maximum atomic E-state index is 12.0. The maximum Gasteiger partial charge on any atom is 0.313 e. The normalized spacial score (nSPS) is 10.3. The first kappa shape index (κ1) is 19.4. The molecule has 0 bridgehead atoms. The number of anilines is 2. The summed E-state index contributed by atoms with van der Waals surface area (Å²) in [5.74, 6) is -0.444. The zero-order chi connectivity index (χ0) is 19.1. The average molecular weight is 354 g/mol. The van der Waals surface area contributed by atoms with Crippen LogP contribution < -0.4 is 15.5 Å². The number of rotatable bonds is 6. The summed E-state index contributed by atoms with van der Waals surface area (Å²) in [5, 5.41) is 5.26. The summed E-state index contributed by atoms with van der Waals surface area (Å²) in [5.41, 5.74) is 3.50. The van der Waals surface area contributed by atoms with Crippen LogP contribution in [0.4, 0.5) is 11.5 Å². The lowest BCUT2D eigenvalue weighted by atomic mass is 10.1. The van der Waals surface area contributed by atoms with Gasteiger partial charge in [0, 0.05) is 31.5 Å². The van der Waals surface area contributed by atoms with Gasteiger partial charge in [0.15, 0.2) is 0 Å². The van der Waals surface area contributed by atoms with E-state index in [4.69, 9.17) is 0 Å². The van der Waals surface area contributed by atoms with E-state index in [-0.39, 0.29) is 6.54 Å². The molecular formula is C20H26N4O2. The summed E-state index contributed by atoms with van der Waals surface area (Å²) in [7, 11) is 0. The monoisotopic (exact) mass is 354 g/mol. The predicted molar refractivity (Wildman–Crippen MR) is 104 cm³/mol. The molecule has 0 fully saturated rings. The molecule has 0 aliphatic heterocycles. The number of hydrogen-bond acceptors (Lipinski definition) is 4. The summed E-state index contributed by atoms with van der Waals surface area (Å²) in [6.45, 7) is 10.1. The molecule has 0 saturated heterocycles. The van der Waals surface area contributed by atoms with Crippen molar-refractivity contribution in [3.63, 3.8) is 0 Å². The van der Waals surface area contributed by atoms with Gasteiger partial charge in [-0.05, 0) is 51.0 Å². The van der Waals surface area contributed by atoms with Crippen LogP contribution in [0.15, 0.2) is 36.5 Å². The first-order chi connectivity index (χ1) is 12.4. The minimum Gasteiger partial charge on any atom is -0.357 e. The summed E-state index contributed by atoms with van der Waals surface area (Å²) >= 11 is 0. The van der Waals surface area contributed by atoms with Crippen LogP contribution in [-0.2, 0) is 16.1 Å². The van der Waals surface area contributed by atoms with Crippen LogP contribution in [-0.4, -0.2) is 29.9 Å². The van der Waals surface area contributed by atoms with Gasteiger partial charge in [-0.15, -0.1) is 0 Å². The second-order valence-electron chi connectivity index (χ2n) is 6.15. The number of aromatic nitrogens is 1. The van der Waals surface area contributed by atoms with E-state index in [1.54, 1.807) is 12.3 Å². The van der Waals surface area contributed by atoms with Crippen LogP contribution in [0, 0.1) is 13.8 Å². The molecule has 0 aliphatic carbocycles. The summed E-state index contributed by atoms with van der Waals surface area (Å²) in [6.07, 6.45) is 1.72. The van der Waals surface area contributed by atoms with Crippen LogP contribution in [0.3, 0.4) is 0 Å². The van der Waals surface area contributed by atoms with E-state index >= 15 is 0 Å². The Morgan fingerprint density at radius 3 is 2.35 bits per heavy atom. The maximum absolute atomic E-state index is 12.0. The van der Waals surface area contributed by atoms with Gasteiger partial charge in [0.2, 0.25) is 0 Å². The Morgan fingerprint density at radius 1 is 1.04 bits per heavy atom. The van der Waals surface area contributed by atoms with Crippen molar-refractivity contribution in [3.05, 3.63) is 53.2 Å². The van der Waals surface area contributed by atoms with Crippen LogP contribution in [0.2, 0.25) is 0 Å². The number of pyridine rings is 1. The van der Waals surface area contributed by atoms with E-state index in [2.05, 4.69) is 34.4 Å².